The number of benzene rings is 1. The molecule has 4 rings (SSSR count). The fraction of sp³-hybridized carbons (Fsp3) is 0.440. The summed E-state index contributed by atoms with van der Waals surface area (Å²) in [5.41, 5.74) is 4.54. The van der Waals surface area contributed by atoms with Crippen molar-refractivity contribution in [2.45, 2.75) is 40.3 Å². The minimum atomic E-state index is -0.237. The number of fused-ring (bicyclic) bond motifs is 1. The Morgan fingerprint density at radius 3 is 2.48 bits per heavy atom. The lowest BCUT2D eigenvalue weighted by Crippen LogP contribution is -2.44. The van der Waals surface area contributed by atoms with Gasteiger partial charge in [0.25, 0.3) is 11.5 Å². The molecule has 1 saturated heterocycles. The summed E-state index contributed by atoms with van der Waals surface area (Å²) in [5, 5.41) is 4.26. The van der Waals surface area contributed by atoms with Crippen molar-refractivity contribution in [2.24, 2.45) is 0 Å². The van der Waals surface area contributed by atoms with Crippen molar-refractivity contribution in [2.75, 3.05) is 38.1 Å². The third kappa shape index (κ3) is 4.66. The molecule has 0 unspecified atom stereocenters. The first-order valence-corrected chi connectivity index (χ1v) is 11.8. The first-order chi connectivity index (χ1) is 15.7. The zero-order chi connectivity index (χ0) is 23.9. The maximum Gasteiger partial charge on any atom is 0.253 e. The number of hydrogen-bond acceptors (Lipinski definition) is 4. The van der Waals surface area contributed by atoms with Gasteiger partial charge in [-0.2, -0.15) is 0 Å². The van der Waals surface area contributed by atoms with E-state index < -0.39 is 0 Å². The summed E-state index contributed by atoms with van der Waals surface area (Å²) in [4.78, 5) is 33.3. The average molecular weight is 470 g/mol. The zero-order valence-electron chi connectivity index (χ0n) is 20.0. The Morgan fingerprint density at radius 1 is 1.15 bits per heavy atom. The van der Waals surface area contributed by atoms with Crippen LogP contribution in [0.5, 0.6) is 0 Å². The van der Waals surface area contributed by atoms with Gasteiger partial charge >= 0.3 is 0 Å². The summed E-state index contributed by atoms with van der Waals surface area (Å²) in [6.45, 7) is 11.8. The van der Waals surface area contributed by atoms with Crippen molar-refractivity contribution in [1.29, 1.82) is 0 Å². The van der Waals surface area contributed by atoms with Crippen LogP contribution in [0.4, 0.5) is 5.69 Å². The molecule has 2 aromatic heterocycles. The number of hydrogen-bond donors (Lipinski definition) is 2. The van der Waals surface area contributed by atoms with Crippen molar-refractivity contribution in [3.8, 4) is 0 Å². The number of nitrogens with one attached hydrogen (secondary N) is 2. The molecule has 176 valence electrons. The van der Waals surface area contributed by atoms with Crippen molar-refractivity contribution >= 4 is 34.1 Å². The van der Waals surface area contributed by atoms with E-state index in [4.69, 9.17) is 11.6 Å². The number of pyridine rings is 1. The number of halogens is 1. The number of amides is 1. The normalized spacial score (nSPS) is 14.9. The van der Waals surface area contributed by atoms with Crippen LogP contribution in [0, 0.1) is 13.8 Å². The highest BCUT2D eigenvalue weighted by molar-refractivity contribution is 6.37. The number of aryl methyl sites for hydroxylation is 2. The van der Waals surface area contributed by atoms with E-state index in [1.54, 1.807) is 0 Å². The summed E-state index contributed by atoms with van der Waals surface area (Å²) in [6, 6.07) is 6.19. The number of aromatic nitrogens is 2. The number of carbonyl (C=O) groups is 1. The SMILES string of the molecule is Cc1cc(C)c(CNC(=O)c2cc(N3CCN(C)CC3)cc3c2c(Cl)cn3C(C)C)c(=O)[nH]1. The van der Waals surface area contributed by atoms with Crippen LogP contribution in [0.2, 0.25) is 5.02 Å². The van der Waals surface area contributed by atoms with Crippen molar-refractivity contribution in [3.63, 3.8) is 0 Å². The molecule has 0 aliphatic carbocycles. The lowest BCUT2D eigenvalue weighted by Gasteiger charge is -2.34. The molecule has 1 aromatic carbocycles. The Bertz CT molecular complexity index is 1250. The Morgan fingerprint density at radius 2 is 1.85 bits per heavy atom. The van der Waals surface area contributed by atoms with E-state index in [0.29, 0.717) is 16.1 Å². The fourth-order valence-corrected chi connectivity index (χ4v) is 4.85. The van der Waals surface area contributed by atoms with Gasteiger partial charge in [0.1, 0.15) is 0 Å². The van der Waals surface area contributed by atoms with E-state index in [9.17, 15) is 9.59 Å². The third-order valence-corrected chi connectivity index (χ3v) is 6.75. The highest BCUT2D eigenvalue weighted by Gasteiger charge is 2.22. The van der Waals surface area contributed by atoms with Gasteiger partial charge in [0.2, 0.25) is 0 Å². The smallest absolute Gasteiger partial charge is 0.253 e. The molecular weight excluding hydrogens is 438 g/mol. The predicted molar refractivity (Wildman–Crippen MR) is 135 cm³/mol. The first kappa shape index (κ1) is 23.4. The van der Waals surface area contributed by atoms with Gasteiger partial charge < -0.3 is 24.7 Å². The molecule has 1 aliphatic rings. The second-order valence-electron chi connectivity index (χ2n) is 9.28. The lowest BCUT2D eigenvalue weighted by atomic mass is 10.1. The second kappa shape index (κ2) is 9.23. The van der Waals surface area contributed by atoms with E-state index in [-0.39, 0.29) is 24.1 Å². The van der Waals surface area contributed by atoms with Gasteiger partial charge in [-0.25, -0.2) is 0 Å². The molecule has 1 aliphatic heterocycles. The molecule has 0 radical (unpaired) electrons. The minimum Gasteiger partial charge on any atom is -0.369 e. The van der Waals surface area contributed by atoms with Crippen LogP contribution in [0.15, 0.2) is 29.2 Å². The molecule has 3 aromatic rings. The van der Waals surface area contributed by atoms with Crippen molar-refractivity contribution in [1.82, 2.24) is 19.8 Å². The predicted octanol–water partition coefficient (Wildman–Crippen LogP) is 3.86. The summed E-state index contributed by atoms with van der Waals surface area (Å²) in [5.74, 6) is -0.237. The molecule has 33 heavy (non-hydrogen) atoms. The number of piperazine rings is 1. The summed E-state index contributed by atoms with van der Waals surface area (Å²) < 4.78 is 2.11. The molecule has 7 nitrogen and oxygen atoms in total. The topological polar surface area (TPSA) is 73.4 Å². The van der Waals surface area contributed by atoms with E-state index in [0.717, 1.165) is 54.0 Å². The first-order valence-electron chi connectivity index (χ1n) is 11.4. The molecule has 3 heterocycles. The van der Waals surface area contributed by atoms with Crippen LogP contribution in [0.3, 0.4) is 0 Å². The Labute approximate surface area is 199 Å². The Kier molecular flexibility index (Phi) is 6.54. The Hall–Kier alpha value is -2.77. The maximum atomic E-state index is 13.4. The van der Waals surface area contributed by atoms with E-state index in [1.807, 2.05) is 32.2 Å². The number of rotatable bonds is 5. The van der Waals surface area contributed by atoms with Crippen LogP contribution in [-0.2, 0) is 6.54 Å². The van der Waals surface area contributed by atoms with Crippen LogP contribution in [0.1, 0.15) is 47.1 Å². The lowest BCUT2D eigenvalue weighted by molar-refractivity contribution is 0.0952. The van der Waals surface area contributed by atoms with Crippen LogP contribution >= 0.6 is 11.6 Å². The number of nitrogens with zero attached hydrogens (tertiary/aromatic N) is 3. The number of anilines is 1. The highest BCUT2D eigenvalue weighted by atomic mass is 35.5. The maximum absolute atomic E-state index is 13.4. The van der Waals surface area contributed by atoms with Gasteiger partial charge in [0.05, 0.1) is 16.1 Å². The standard InChI is InChI=1S/C25H32ClN5O2/c1-15(2)31-14-21(26)23-19(11-18(12-22(23)31)30-8-6-29(5)7-9-30)24(32)27-13-20-16(3)10-17(4)28-25(20)33/h10-12,14-15H,6-9,13H2,1-5H3,(H,27,32)(H,28,33). The average Bonchev–Trinajstić information content (AvgIpc) is 3.09. The van der Waals surface area contributed by atoms with Gasteiger partial charge in [0.15, 0.2) is 0 Å². The van der Waals surface area contributed by atoms with Gasteiger partial charge in [-0.3, -0.25) is 9.59 Å². The monoisotopic (exact) mass is 469 g/mol. The van der Waals surface area contributed by atoms with E-state index >= 15 is 0 Å². The van der Waals surface area contributed by atoms with Gasteiger partial charge in [0, 0.05) is 67.3 Å². The van der Waals surface area contributed by atoms with E-state index in [2.05, 4.69) is 51.6 Å². The molecule has 2 N–H and O–H groups in total. The molecule has 1 fully saturated rings. The second-order valence-corrected chi connectivity index (χ2v) is 9.69. The molecule has 0 spiro atoms. The summed E-state index contributed by atoms with van der Waals surface area (Å²) in [7, 11) is 2.12. The summed E-state index contributed by atoms with van der Waals surface area (Å²) in [6.07, 6.45) is 1.90. The van der Waals surface area contributed by atoms with E-state index in [1.165, 1.54) is 0 Å². The quantitative estimate of drug-likeness (QED) is 0.595. The van der Waals surface area contributed by atoms with Crippen LogP contribution in [0.25, 0.3) is 10.9 Å². The largest absolute Gasteiger partial charge is 0.369 e. The number of carbonyl (C=O) groups excluding carboxylic acids is 1. The molecule has 0 bridgehead atoms. The zero-order valence-corrected chi connectivity index (χ0v) is 20.7. The third-order valence-electron chi connectivity index (χ3n) is 6.46. The molecule has 0 saturated carbocycles. The minimum absolute atomic E-state index is 0.156. The molecule has 1 amide bonds. The van der Waals surface area contributed by atoms with Gasteiger partial charge in [-0.1, -0.05) is 11.6 Å². The Balaban J connectivity index is 1.73. The van der Waals surface area contributed by atoms with Gasteiger partial charge in [-0.05, 0) is 58.5 Å². The molecule has 0 atom stereocenters. The van der Waals surface area contributed by atoms with Crippen LogP contribution in [-0.4, -0.2) is 53.6 Å². The molecular formula is C25H32ClN5O2. The number of likely N-dealkylation sites (N-methyl/N-ethyl adjacent to an activating group) is 1. The van der Waals surface area contributed by atoms with Crippen molar-refractivity contribution in [3.05, 3.63) is 62.2 Å². The summed E-state index contributed by atoms with van der Waals surface area (Å²) >= 11 is 6.64. The fourth-order valence-electron chi connectivity index (χ4n) is 4.54. The van der Waals surface area contributed by atoms with Gasteiger partial charge in [-0.15, -0.1) is 0 Å². The highest BCUT2D eigenvalue weighted by Crippen LogP contribution is 2.35. The number of H-pyrrole nitrogens is 1. The number of aromatic amines is 1. The molecule has 8 heteroatoms. The van der Waals surface area contributed by atoms with Crippen LogP contribution < -0.4 is 15.8 Å². The van der Waals surface area contributed by atoms with Crippen molar-refractivity contribution < 1.29 is 4.79 Å².